The fraction of sp³-hybridized carbons (Fsp3) is 0.273. The maximum atomic E-state index is 5.65. The Morgan fingerprint density at radius 2 is 1.45 bits per heavy atom. The van der Waals surface area contributed by atoms with Crippen molar-refractivity contribution in [2.24, 2.45) is 0 Å². The molecular weight excluding hydrogens is 571 g/mol. The molecule has 0 amide bonds. The van der Waals surface area contributed by atoms with Crippen LogP contribution in [0.1, 0.15) is 18.4 Å². The second-order valence-electron chi connectivity index (χ2n) is 10.3. The van der Waals surface area contributed by atoms with Gasteiger partial charge in [0.05, 0.1) is 21.3 Å². The van der Waals surface area contributed by atoms with Gasteiger partial charge in [-0.05, 0) is 71.6 Å². The molecule has 0 aliphatic carbocycles. The zero-order valence-corrected chi connectivity index (χ0v) is 25.6. The number of aromatic nitrogens is 2. The zero-order chi connectivity index (χ0) is 27.5. The van der Waals surface area contributed by atoms with E-state index in [1.165, 1.54) is 16.3 Å². The topological polar surface area (TPSA) is 68.7 Å². The number of likely N-dealkylation sites (tertiary alicyclic amines) is 1. The number of halogens is 2. The molecule has 9 heteroatoms. The van der Waals surface area contributed by atoms with Crippen molar-refractivity contribution in [1.29, 1.82) is 0 Å². The summed E-state index contributed by atoms with van der Waals surface area (Å²) < 4.78 is 16.7. The third kappa shape index (κ3) is 6.49. The summed E-state index contributed by atoms with van der Waals surface area (Å²) in [5, 5.41) is 17.6. The van der Waals surface area contributed by atoms with Gasteiger partial charge in [-0.25, -0.2) is 0 Å². The van der Waals surface area contributed by atoms with E-state index in [0.29, 0.717) is 11.8 Å². The maximum Gasteiger partial charge on any atom is 0.156 e. The standard InChI is InChI=1S/C33H34N4O3.2ClH/c1-38-26-10-12-28-29(19-26)33(36-35-32(28)30-20-27(39-2)11-13-31(30)40-3)34-25-14-16-37(17-15-25)21-22-8-9-23-6-4-5-7-24(23)18-22;;/h4-13,18-20,25H,14-17,21H2,1-3H3,(H,34,36);2*1H. The van der Waals surface area contributed by atoms with E-state index in [-0.39, 0.29) is 24.8 Å². The Morgan fingerprint density at radius 3 is 2.19 bits per heavy atom. The van der Waals surface area contributed by atoms with Gasteiger partial charge in [-0.2, -0.15) is 0 Å². The maximum absolute atomic E-state index is 5.65. The van der Waals surface area contributed by atoms with E-state index in [4.69, 9.17) is 14.2 Å². The lowest BCUT2D eigenvalue weighted by atomic mass is 10.0. The van der Waals surface area contributed by atoms with Gasteiger partial charge in [0.2, 0.25) is 0 Å². The first-order valence-electron chi connectivity index (χ1n) is 13.7. The van der Waals surface area contributed by atoms with Crippen molar-refractivity contribution in [3.8, 4) is 28.5 Å². The summed E-state index contributed by atoms with van der Waals surface area (Å²) in [7, 11) is 4.99. The largest absolute Gasteiger partial charge is 0.497 e. The number of ether oxygens (including phenoxy) is 3. The number of rotatable bonds is 8. The SMILES string of the molecule is COc1ccc(OC)c(-c2nnc(NC3CCN(Cc4ccc5ccccc5c4)CC3)c3cc(OC)ccc23)c1.Cl.Cl. The van der Waals surface area contributed by atoms with Crippen molar-refractivity contribution in [1.82, 2.24) is 15.1 Å². The van der Waals surface area contributed by atoms with E-state index in [1.54, 1.807) is 21.3 Å². The molecule has 220 valence electrons. The Hall–Kier alpha value is -3.78. The molecule has 1 N–H and O–H groups in total. The van der Waals surface area contributed by atoms with Crippen molar-refractivity contribution in [3.05, 3.63) is 84.4 Å². The van der Waals surface area contributed by atoms with Crippen molar-refractivity contribution >= 4 is 52.2 Å². The smallest absolute Gasteiger partial charge is 0.156 e. The fourth-order valence-electron chi connectivity index (χ4n) is 5.59. The summed E-state index contributed by atoms with van der Waals surface area (Å²) in [6.45, 7) is 3.02. The molecule has 1 saturated heterocycles. The molecule has 6 rings (SSSR count). The van der Waals surface area contributed by atoms with Crippen molar-refractivity contribution < 1.29 is 14.2 Å². The lowest BCUT2D eigenvalue weighted by Gasteiger charge is -2.32. The van der Waals surface area contributed by atoms with Crippen LogP contribution >= 0.6 is 24.8 Å². The number of nitrogens with zero attached hydrogens (tertiary/aromatic N) is 3. The summed E-state index contributed by atoms with van der Waals surface area (Å²) in [4.78, 5) is 2.53. The summed E-state index contributed by atoms with van der Waals surface area (Å²) in [6.07, 6.45) is 2.07. The normalized spacial score (nSPS) is 13.7. The predicted octanol–water partition coefficient (Wildman–Crippen LogP) is 7.40. The molecule has 0 bridgehead atoms. The Kier molecular flexibility index (Phi) is 10.3. The highest BCUT2D eigenvalue weighted by molar-refractivity contribution is 6.01. The summed E-state index contributed by atoms with van der Waals surface area (Å²) >= 11 is 0. The van der Waals surface area contributed by atoms with Gasteiger partial charge in [-0.15, -0.1) is 35.0 Å². The van der Waals surface area contributed by atoms with Crippen LogP contribution in [0.4, 0.5) is 5.82 Å². The Bertz CT molecular complexity index is 1660. The molecule has 5 aromatic rings. The Balaban J connectivity index is 0.00000202. The molecule has 0 atom stereocenters. The van der Waals surface area contributed by atoms with Gasteiger partial charge in [0.15, 0.2) is 5.82 Å². The van der Waals surface area contributed by atoms with Crippen LogP contribution in [0.2, 0.25) is 0 Å². The average molecular weight is 608 g/mol. The second-order valence-corrected chi connectivity index (χ2v) is 10.3. The van der Waals surface area contributed by atoms with Crippen molar-refractivity contribution in [2.75, 3.05) is 39.7 Å². The van der Waals surface area contributed by atoms with Gasteiger partial charge in [0.1, 0.15) is 22.9 Å². The number of fused-ring (bicyclic) bond motifs is 2. The van der Waals surface area contributed by atoms with Crippen LogP contribution in [0.25, 0.3) is 32.8 Å². The molecule has 42 heavy (non-hydrogen) atoms. The van der Waals surface area contributed by atoms with Crippen LogP contribution in [0.5, 0.6) is 17.2 Å². The van der Waals surface area contributed by atoms with Crippen molar-refractivity contribution in [2.45, 2.75) is 25.4 Å². The first-order valence-corrected chi connectivity index (χ1v) is 13.7. The van der Waals surface area contributed by atoms with E-state index >= 15 is 0 Å². The molecule has 1 aliphatic heterocycles. The van der Waals surface area contributed by atoms with Crippen LogP contribution in [-0.2, 0) is 6.54 Å². The summed E-state index contributed by atoms with van der Waals surface area (Å²) in [5.41, 5.74) is 2.93. The summed E-state index contributed by atoms with van der Waals surface area (Å²) in [6, 6.07) is 27.4. The van der Waals surface area contributed by atoms with Crippen LogP contribution in [0.3, 0.4) is 0 Å². The van der Waals surface area contributed by atoms with E-state index in [9.17, 15) is 0 Å². The van der Waals surface area contributed by atoms with E-state index < -0.39 is 0 Å². The van der Waals surface area contributed by atoms with Gasteiger partial charge in [-0.3, -0.25) is 4.90 Å². The van der Waals surface area contributed by atoms with E-state index in [2.05, 4.69) is 62.9 Å². The van der Waals surface area contributed by atoms with Crippen LogP contribution in [0, 0.1) is 0 Å². The van der Waals surface area contributed by atoms with E-state index in [1.807, 2.05) is 36.4 Å². The molecule has 1 fully saturated rings. The first kappa shape index (κ1) is 31.2. The lowest BCUT2D eigenvalue weighted by molar-refractivity contribution is 0.211. The first-order chi connectivity index (χ1) is 19.6. The number of hydrogen-bond donors (Lipinski definition) is 1. The molecule has 0 saturated carbocycles. The van der Waals surface area contributed by atoms with Crippen LogP contribution in [-0.4, -0.2) is 55.6 Å². The van der Waals surface area contributed by atoms with Crippen molar-refractivity contribution in [3.63, 3.8) is 0 Å². The van der Waals surface area contributed by atoms with Gasteiger partial charge in [0, 0.05) is 42.0 Å². The summed E-state index contributed by atoms with van der Waals surface area (Å²) in [5.74, 6) is 2.99. The number of piperidine rings is 1. The second kappa shape index (κ2) is 13.9. The van der Waals surface area contributed by atoms with E-state index in [0.717, 1.165) is 71.8 Å². The molecule has 1 aliphatic rings. The molecule has 1 aromatic heterocycles. The fourth-order valence-corrected chi connectivity index (χ4v) is 5.59. The Labute approximate surface area is 259 Å². The third-order valence-corrected chi connectivity index (χ3v) is 7.80. The molecule has 0 radical (unpaired) electrons. The predicted molar refractivity (Wildman–Crippen MR) is 175 cm³/mol. The quantitative estimate of drug-likeness (QED) is 0.197. The minimum Gasteiger partial charge on any atom is -0.497 e. The monoisotopic (exact) mass is 606 g/mol. The van der Waals surface area contributed by atoms with Gasteiger partial charge < -0.3 is 19.5 Å². The van der Waals surface area contributed by atoms with Crippen LogP contribution in [0.15, 0.2) is 78.9 Å². The molecule has 4 aromatic carbocycles. The number of anilines is 1. The number of methoxy groups -OCH3 is 3. The molecule has 0 spiro atoms. The Morgan fingerprint density at radius 1 is 0.738 bits per heavy atom. The minimum absolute atomic E-state index is 0. The highest BCUT2D eigenvalue weighted by Gasteiger charge is 2.22. The van der Waals surface area contributed by atoms with Gasteiger partial charge in [0.25, 0.3) is 0 Å². The molecule has 2 heterocycles. The molecule has 0 unspecified atom stereocenters. The van der Waals surface area contributed by atoms with Gasteiger partial charge in [-0.1, -0.05) is 36.4 Å². The number of benzene rings is 4. The third-order valence-electron chi connectivity index (χ3n) is 7.80. The molecule has 7 nitrogen and oxygen atoms in total. The van der Waals surface area contributed by atoms with Crippen LogP contribution < -0.4 is 19.5 Å². The highest BCUT2D eigenvalue weighted by Crippen LogP contribution is 2.38. The highest BCUT2D eigenvalue weighted by atomic mass is 35.5. The van der Waals surface area contributed by atoms with Gasteiger partial charge >= 0.3 is 0 Å². The number of hydrogen-bond acceptors (Lipinski definition) is 7. The minimum atomic E-state index is 0. The lowest BCUT2D eigenvalue weighted by Crippen LogP contribution is -2.38. The number of nitrogens with one attached hydrogen (secondary N) is 1. The zero-order valence-electron chi connectivity index (χ0n) is 24.0. The molecular formula is C33H36Cl2N4O3. The average Bonchev–Trinajstić information content (AvgIpc) is 3.01.